The molecule has 0 spiro atoms. The number of hydrogen-bond acceptors (Lipinski definition) is 7. The largest absolute Gasteiger partial charge is 0.467 e. The standard InChI is InChI=1S/C30H36N4O6/c1-2-23-5-8-25(9-6-23)31-30(36)33(12-11-32-13-16-37-17-14-32)21-29(35)34(20-26-4-3-15-38-26)19-24-7-10-27-28(18-24)40-22-39-27/h3-10,15,18H,2,11-14,16-17,19-22H2,1H3,(H,31,36). The second-order valence-corrected chi connectivity index (χ2v) is 9.87. The summed E-state index contributed by atoms with van der Waals surface area (Å²) < 4.78 is 22.0. The zero-order valence-electron chi connectivity index (χ0n) is 22.8. The molecule has 1 aromatic heterocycles. The molecule has 0 unspecified atom stereocenters. The average molecular weight is 549 g/mol. The number of fused-ring (bicyclic) bond motifs is 1. The van der Waals surface area contributed by atoms with Crippen molar-refractivity contribution >= 4 is 17.6 Å². The number of carbonyl (C=O) groups is 2. The van der Waals surface area contributed by atoms with E-state index in [4.69, 9.17) is 18.6 Å². The maximum absolute atomic E-state index is 13.8. The molecule has 2 aromatic carbocycles. The second kappa shape index (κ2) is 13.4. The summed E-state index contributed by atoms with van der Waals surface area (Å²) >= 11 is 0. The lowest BCUT2D eigenvalue weighted by Gasteiger charge is -2.31. The lowest BCUT2D eigenvalue weighted by atomic mass is 10.1. The van der Waals surface area contributed by atoms with Crippen molar-refractivity contribution in [2.24, 2.45) is 0 Å². The van der Waals surface area contributed by atoms with Crippen molar-refractivity contribution in [3.05, 3.63) is 77.7 Å². The number of aryl methyl sites for hydroxylation is 1. The number of anilines is 1. The molecule has 0 aliphatic carbocycles. The van der Waals surface area contributed by atoms with E-state index >= 15 is 0 Å². The monoisotopic (exact) mass is 548 g/mol. The maximum atomic E-state index is 13.8. The van der Waals surface area contributed by atoms with Crippen molar-refractivity contribution in [1.29, 1.82) is 0 Å². The molecule has 1 N–H and O–H groups in total. The third kappa shape index (κ3) is 7.34. The van der Waals surface area contributed by atoms with Crippen LogP contribution in [0.25, 0.3) is 0 Å². The number of rotatable bonds is 11. The lowest BCUT2D eigenvalue weighted by molar-refractivity contribution is -0.133. The number of morpholine rings is 1. The number of carbonyl (C=O) groups excluding carboxylic acids is 2. The first-order chi connectivity index (χ1) is 19.6. The highest BCUT2D eigenvalue weighted by Gasteiger charge is 2.24. The van der Waals surface area contributed by atoms with Crippen molar-refractivity contribution in [3.8, 4) is 11.5 Å². The summed E-state index contributed by atoms with van der Waals surface area (Å²) in [5.41, 5.74) is 2.78. The number of benzene rings is 2. The van der Waals surface area contributed by atoms with Crippen LogP contribution in [-0.2, 0) is 29.0 Å². The van der Waals surface area contributed by atoms with Gasteiger partial charge in [0.2, 0.25) is 12.7 Å². The maximum Gasteiger partial charge on any atom is 0.322 e. The van der Waals surface area contributed by atoms with Crippen LogP contribution in [0.4, 0.5) is 10.5 Å². The van der Waals surface area contributed by atoms with Gasteiger partial charge < -0.3 is 33.7 Å². The highest BCUT2D eigenvalue weighted by atomic mass is 16.7. The molecule has 3 heterocycles. The molecule has 3 amide bonds. The van der Waals surface area contributed by atoms with Crippen molar-refractivity contribution in [3.63, 3.8) is 0 Å². The molecule has 2 aliphatic heterocycles. The minimum Gasteiger partial charge on any atom is -0.467 e. The highest BCUT2D eigenvalue weighted by Crippen LogP contribution is 2.33. The molecule has 0 bridgehead atoms. The molecule has 40 heavy (non-hydrogen) atoms. The Balaban J connectivity index is 1.31. The van der Waals surface area contributed by atoms with E-state index in [1.54, 1.807) is 22.1 Å². The van der Waals surface area contributed by atoms with Crippen molar-refractivity contribution in [2.75, 3.05) is 58.0 Å². The van der Waals surface area contributed by atoms with Crippen LogP contribution in [0, 0.1) is 0 Å². The van der Waals surface area contributed by atoms with Crippen LogP contribution in [0.2, 0.25) is 0 Å². The minimum absolute atomic E-state index is 0.0749. The molecule has 212 valence electrons. The van der Waals surface area contributed by atoms with Crippen molar-refractivity contribution in [2.45, 2.75) is 26.4 Å². The van der Waals surface area contributed by atoms with Crippen LogP contribution < -0.4 is 14.8 Å². The zero-order chi connectivity index (χ0) is 27.7. The first-order valence-corrected chi connectivity index (χ1v) is 13.7. The van der Waals surface area contributed by atoms with E-state index in [-0.39, 0.29) is 31.8 Å². The Kier molecular flexibility index (Phi) is 9.20. The van der Waals surface area contributed by atoms with E-state index in [2.05, 4.69) is 17.1 Å². The molecule has 1 fully saturated rings. The van der Waals surface area contributed by atoms with Gasteiger partial charge in [-0.25, -0.2) is 4.79 Å². The molecule has 10 nitrogen and oxygen atoms in total. The third-order valence-corrected chi connectivity index (χ3v) is 7.11. The predicted molar refractivity (Wildman–Crippen MR) is 149 cm³/mol. The van der Waals surface area contributed by atoms with Gasteiger partial charge in [0, 0.05) is 38.4 Å². The van der Waals surface area contributed by atoms with E-state index in [9.17, 15) is 9.59 Å². The average Bonchev–Trinajstić information content (AvgIpc) is 3.67. The molecule has 0 saturated carbocycles. The topological polar surface area (TPSA) is 96.7 Å². The van der Waals surface area contributed by atoms with Gasteiger partial charge in [-0.05, 0) is 53.9 Å². The fraction of sp³-hybridized carbons (Fsp3) is 0.400. The molecule has 5 rings (SSSR count). The summed E-state index contributed by atoms with van der Waals surface area (Å²) in [7, 11) is 0. The van der Waals surface area contributed by atoms with E-state index in [0.29, 0.717) is 55.8 Å². The molecule has 0 atom stereocenters. The SMILES string of the molecule is CCc1ccc(NC(=O)N(CCN2CCOCC2)CC(=O)N(Cc2ccc3c(c2)OCO3)Cc2ccco2)cc1. The Labute approximate surface area is 234 Å². The van der Waals surface area contributed by atoms with Gasteiger partial charge in [0.1, 0.15) is 12.3 Å². The van der Waals surface area contributed by atoms with Gasteiger partial charge in [0.05, 0.1) is 26.0 Å². The van der Waals surface area contributed by atoms with E-state index in [1.165, 1.54) is 5.56 Å². The smallest absolute Gasteiger partial charge is 0.322 e. The molecule has 0 radical (unpaired) electrons. The van der Waals surface area contributed by atoms with Gasteiger partial charge in [0.25, 0.3) is 0 Å². The quantitative estimate of drug-likeness (QED) is 0.387. The van der Waals surface area contributed by atoms with Gasteiger partial charge in [-0.3, -0.25) is 9.69 Å². The fourth-order valence-electron chi connectivity index (χ4n) is 4.71. The van der Waals surface area contributed by atoms with Crippen LogP contribution >= 0.6 is 0 Å². The number of furan rings is 1. The van der Waals surface area contributed by atoms with Gasteiger partial charge in [0.15, 0.2) is 11.5 Å². The summed E-state index contributed by atoms with van der Waals surface area (Å²) in [5, 5.41) is 2.97. The van der Waals surface area contributed by atoms with Gasteiger partial charge in [-0.2, -0.15) is 0 Å². The zero-order valence-corrected chi connectivity index (χ0v) is 22.8. The van der Waals surface area contributed by atoms with E-state index < -0.39 is 0 Å². The number of nitrogens with zero attached hydrogens (tertiary/aromatic N) is 3. The van der Waals surface area contributed by atoms with Crippen LogP contribution in [0.1, 0.15) is 23.8 Å². The van der Waals surface area contributed by atoms with Crippen LogP contribution in [0.5, 0.6) is 11.5 Å². The second-order valence-electron chi connectivity index (χ2n) is 9.87. The van der Waals surface area contributed by atoms with Crippen molar-refractivity contribution < 1.29 is 28.2 Å². The van der Waals surface area contributed by atoms with Crippen LogP contribution in [0.3, 0.4) is 0 Å². The lowest BCUT2D eigenvalue weighted by Crippen LogP contribution is -2.48. The minimum atomic E-state index is -0.313. The summed E-state index contributed by atoms with van der Waals surface area (Å²) in [6.45, 7) is 6.80. The highest BCUT2D eigenvalue weighted by molar-refractivity contribution is 5.92. The third-order valence-electron chi connectivity index (χ3n) is 7.11. The summed E-state index contributed by atoms with van der Waals surface area (Å²) in [5.74, 6) is 1.82. The Morgan fingerprint density at radius 3 is 2.45 bits per heavy atom. The molecule has 3 aromatic rings. The van der Waals surface area contributed by atoms with Gasteiger partial charge in [-0.1, -0.05) is 25.1 Å². The Hall–Kier alpha value is -4.02. The summed E-state index contributed by atoms with van der Waals surface area (Å²) in [6, 6.07) is 16.7. The normalized spacial score (nSPS) is 14.6. The van der Waals surface area contributed by atoms with Crippen LogP contribution in [-0.4, -0.2) is 79.4 Å². The summed E-state index contributed by atoms with van der Waals surface area (Å²) in [4.78, 5) is 32.8. The fourth-order valence-corrected chi connectivity index (χ4v) is 4.71. The Bertz CT molecular complexity index is 1260. The molecule has 10 heteroatoms. The van der Waals surface area contributed by atoms with E-state index in [0.717, 1.165) is 25.1 Å². The van der Waals surface area contributed by atoms with Crippen LogP contribution in [0.15, 0.2) is 65.3 Å². The van der Waals surface area contributed by atoms with Crippen molar-refractivity contribution in [1.82, 2.24) is 14.7 Å². The Morgan fingerprint density at radius 2 is 1.70 bits per heavy atom. The first-order valence-electron chi connectivity index (χ1n) is 13.7. The number of ether oxygens (including phenoxy) is 3. The van der Waals surface area contributed by atoms with Gasteiger partial charge in [-0.15, -0.1) is 0 Å². The first kappa shape index (κ1) is 27.5. The Morgan fingerprint density at radius 1 is 0.925 bits per heavy atom. The summed E-state index contributed by atoms with van der Waals surface area (Å²) in [6.07, 6.45) is 2.51. The molecular formula is C30H36N4O6. The number of urea groups is 1. The number of hydrogen-bond donors (Lipinski definition) is 1. The molecular weight excluding hydrogens is 512 g/mol. The number of nitrogens with one attached hydrogen (secondary N) is 1. The number of amides is 3. The molecule has 2 aliphatic rings. The molecule has 1 saturated heterocycles. The van der Waals surface area contributed by atoms with Gasteiger partial charge >= 0.3 is 6.03 Å². The predicted octanol–water partition coefficient (Wildman–Crippen LogP) is 3.97. The van der Waals surface area contributed by atoms with E-state index in [1.807, 2.05) is 48.5 Å².